The molecule has 8 nitrogen and oxygen atoms in total. The van der Waals surface area contributed by atoms with Crippen LogP contribution in [0.3, 0.4) is 0 Å². The highest BCUT2D eigenvalue weighted by Gasteiger charge is 2.33. The van der Waals surface area contributed by atoms with Crippen LogP contribution in [-0.4, -0.2) is 71.7 Å². The number of anilines is 1. The maximum atomic E-state index is 14.0. The van der Waals surface area contributed by atoms with Gasteiger partial charge in [-0.05, 0) is 55.5 Å². The van der Waals surface area contributed by atoms with Gasteiger partial charge >= 0.3 is 0 Å². The van der Waals surface area contributed by atoms with Crippen LogP contribution in [-0.2, 0) is 9.84 Å². The van der Waals surface area contributed by atoms with Crippen molar-refractivity contribution in [1.29, 1.82) is 0 Å². The van der Waals surface area contributed by atoms with Crippen LogP contribution < -0.4 is 4.90 Å². The minimum atomic E-state index is -3.11. The molecule has 0 spiro atoms. The first-order chi connectivity index (χ1) is 18.2. The Bertz CT molecular complexity index is 1640. The van der Waals surface area contributed by atoms with Crippen molar-refractivity contribution in [1.82, 2.24) is 19.7 Å². The molecule has 1 amide bonds. The molecule has 0 aliphatic carbocycles. The number of halogens is 1. The van der Waals surface area contributed by atoms with E-state index in [1.165, 1.54) is 0 Å². The van der Waals surface area contributed by atoms with Crippen molar-refractivity contribution in [2.24, 2.45) is 0 Å². The van der Waals surface area contributed by atoms with Gasteiger partial charge in [0.25, 0.3) is 5.91 Å². The van der Waals surface area contributed by atoms with Crippen molar-refractivity contribution in [2.45, 2.75) is 26.3 Å². The summed E-state index contributed by atoms with van der Waals surface area (Å²) in [5.74, 6) is 0.131. The molecule has 2 fully saturated rings. The summed E-state index contributed by atoms with van der Waals surface area (Å²) >= 11 is 7.80. The lowest BCUT2D eigenvalue weighted by Crippen LogP contribution is -2.49. The van der Waals surface area contributed by atoms with Crippen LogP contribution in [0.5, 0.6) is 0 Å². The molecule has 3 aromatic heterocycles. The summed E-state index contributed by atoms with van der Waals surface area (Å²) in [6.45, 7) is 6.51. The second-order valence-electron chi connectivity index (χ2n) is 10.0. The number of hydrogen-bond acceptors (Lipinski definition) is 7. The van der Waals surface area contributed by atoms with Crippen LogP contribution >= 0.6 is 22.9 Å². The first-order valence-corrected chi connectivity index (χ1v) is 15.7. The molecule has 2 aliphatic heterocycles. The molecule has 0 radical (unpaired) electrons. The molecule has 0 bridgehead atoms. The highest BCUT2D eigenvalue weighted by molar-refractivity contribution is 7.91. The zero-order valence-corrected chi connectivity index (χ0v) is 23.6. The van der Waals surface area contributed by atoms with E-state index in [0.29, 0.717) is 65.6 Å². The van der Waals surface area contributed by atoms with Gasteiger partial charge in [-0.2, -0.15) is 5.10 Å². The second kappa shape index (κ2) is 9.66. The van der Waals surface area contributed by atoms with Gasteiger partial charge in [-0.1, -0.05) is 23.7 Å². The van der Waals surface area contributed by atoms with Gasteiger partial charge in [0.1, 0.15) is 0 Å². The van der Waals surface area contributed by atoms with Gasteiger partial charge < -0.3 is 9.80 Å². The first kappa shape index (κ1) is 25.3. The lowest BCUT2D eigenvalue weighted by atomic mass is 10.1. The number of piperazine rings is 1. The third-order valence-electron chi connectivity index (χ3n) is 7.47. The van der Waals surface area contributed by atoms with E-state index in [0.717, 1.165) is 16.1 Å². The Morgan fingerprint density at radius 3 is 2.58 bits per heavy atom. The smallest absolute Gasteiger partial charge is 0.254 e. The van der Waals surface area contributed by atoms with Crippen LogP contribution in [0.25, 0.3) is 21.6 Å². The van der Waals surface area contributed by atoms with Crippen molar-refractivity contribution in [3.63, 3.8) is 0 Å². The number of nitrogens with zero attached hydrogens (tertiary/aromatic N) is 5. The Kier molecular flexibility index (Phi) is 6.44. The largest absolute Gasteiger partial charge is 0.368 e. The molecule has 0 saturated carbocycles. The number of thiophene rings is 1. The number of fused-ring (bicyclic) bond motifs is 1. The third-order valence-corrected chi connectivity index (χ3v) is 10.4. The molecular weight excluding hydrogens is 542 g/mol. The number of carbonyl (C=O) groups excluding carboxylic acids is 1. The lowest BCUT2D eigenvalue weighted by Gasteiger charge is -2.37. The summed E-state index contributed by atoms with van der Waals surface area (Å²) in [6.07, 6.45) is 0.498. The van der Waals surface area contributed by atoms with Crippen molar-refractivity contribution in [3.05, 3.63) is 63.6 Å². The van der Waals surface area contributed by atoms with Crippen molar-refractivity contribution >= 4 is 55.4 Å². The molecule has 0 N–H and O–H groups in total. The van der Waals surface area contributed by atoms with Crippen molar-refractivity contribution in [2.75, 3.05) is 42.6 Å². The van der Waals surface area contributed by atoms with Gasteiger partial charge in [-0.25, -0.2) is 18.1 Å². The molecule has 198 valence electrons. The van der Waals surface area contributed by atoms with Crippen molar-refractivity contribution < 1.29 is 13.2 Å². The van der Waals surface area contributed by atoms with E-state index in [9.17, 15) is 13.2 Å². The van der Waals surface area contributed by atoms with Crippen LogP contribution in [0, 0.1) is 13.8 Å². The van der Waals surface area contributed by atoms with Gasteiger partial charge in [-0.3, -0.25) is 4.79 Å². The fraction of sp³-hybridized carbons (Fsp3) is 0.370. The minimum Gasteiger partial charge on any atom is -0.368 e. The summed E-state index contributed by atoms with van der Waals surface area (Å²) in [5.41, 5.74) is 4.78. The predicted molar refractivity (Wildman–Crippen MR) is 152 cm³/mol. The number of pyridine rings is 1. The monoisotopic (exact) mass is 569 g/mol. The number of sulfone groups is 1. The Balaban J connectivity index is 1.36. The Morgan fingerprint density at radius 2 is 1.89 bits per heavy atom. The normalized spacial score (nSPS) is 19.4. The van der Waals surface area contributed by atoms with E-state index in [-0.39, 0.29) is 23.5 Å². The van der Waals surface area contributed by atoms with E-state index in [1.54, 1.807) is 16.0 Å². The summed E-state index contributed by atoms with van der Waals surface area (Å²) in [7, 11) is -3.11. The third kappa shape index (κ3) is 4.58. The van der Waals surface area contributed by atoms with Gasteiger partial charge in [0.15, 0.2) is 15.5 Å². The predicted octanol–water partition coefficient (Wildman–Crippen LogP) is 4.75. The average Bonchev–Trinajstić information content (AvgIpc) is 3.64. The summed E-state index contributed by atoms with van der Waals surface area (Å²) < 4.78 is 26.2. The number of hydrogen-bond donors (Lipinski definition) is 0. The zero-order chi connectivity index (χ0) is 26.6. The number of amides is 1. The lowest BCUT2D eigenvalue weighted by molar-refractivity contribution is 0.0748. The minimum absolute atomic E-state index is 0.0439. The fourth-order valence-electron chi connectivity index (χ4n) is 5.50. The molecule has 1 unspecified atom stereocenters. The quantitative estimate of drug-likeness (QED) is 0.352. The molecule has 1 aromatic carbocycles. The standard InChI is InChI=1S/C27H28ClN5O3S2/c1-17-5-6-19(28)14-23(17)31-8-10-32(11-9-31)27(34)21-15-22(24-4-3-12-37-24)29-26-25(21)18(2)30-33(26)20-7-13-38(35,36)16-20/h3-6,12,14-15,20H,7-11,13,16H2,1-2H3. The molecular formula is C27H28ClN5O3S2. The summed E-state index contributed by atoms with van der Waals surface area (Å²) in [6, 6.07) is 11.4. The first-order valence-electron chi connectivity index (χ1n) is 12.6. The van der Waals surface area contributed by atoms with Crippen LogP contribution in [0.1, 0.15) is 34.1 Å². The van der Waals surface area contributed by atoms with Crippen LogP contribution in [0.4, 0.5) is 5.69 Å². The van der Waals surface area contributed by atoms with Gasteiger partial charge in [0.2, 0.25) is 0 Å². The highest BCUT2D eigenvalue weighted by Crippen LogP contribution is 2.34. The number of aromatic nitrogens is 3. The molecule has 1 atom stereocenters. The van der Waals surface area contributed by atoms with Crippen molar-refractivity contribution in [3.8, 4) is 10.6 Å². The topological polar surface area (TPSA) is 88.4 Å². The molecule has 2 aliphatic rings. The van der Waals surface area contributed by atoms with Gasteiger partial charge in [0, 0.05) is 36.9 Å². The number of rotatable bonds is 4. The molecule has 11 heteroatoms. The molecule has 6 rings (SSSR count). The molecule has 38 heavy (non-hydrogen) atoms. The van der Waals surface area contributed by atoms with E-state index in [4.69, 9.17) is 21.7 Å². The Labute approximate surface area is 230 Å². The zero-order valence-electron chi connectivity index (χ0n) is 21.2. The number of aryl methyl sites for hydroxylation is 2. The maximum Gasteiger partial charge on any atom is 0.254 e. The van der Waals surface area contributed by atoms with E-state index in [1.807, 2.05) is 53.6 Å². The summed E-state index contributed by atoms with van der Waals surface area (Å²) in [5, 5.41) is 8.10. The molecule has 5 heterocycles. The van der Waals surface area contributed by atoms with Crippen LogP contribution in [0.2, 0.25) is 5.02 Å². The molecule has 2 saturated heterocycles. The van der Waals surface area contributed by atoms with Gasteiger partial charge in [-0.15, -0.1) is 11.3 Å². The van der Waals surface area contributed by atoms with E-state index in [2.05, 4.69) is 11.8 Å². The Morgan fingerprint density at radius 1 is 1.11 bits per heavy atom. The van der Waals surface area contributed by atoms with Gasteiger partial charge in [0.05, 0.1) is 44.8 Å². The Hall–Kier alpha value is -2.95. The fourth-order valence-corrected chi connectivity index (χ4v) is 8.04. The average molecular weight is 570 g/mol. The number of carbonyl (C=O) groups is 1. The molecule has 4 aromatic rings. The van der Waals surface area contributed by atoms with Crippen LogP contribution in [0.15, 0.2) is 41.8 Å². The SMILES string of the molecule is Cc1ccc(Cl)cc1N1CCN(C(=O)c2cc(-c3cccs3)nc3c2c(C)nn3C2CCS(=O)(=O)C2)CC1. The second-order valence-corrected chi connectivity index (χ2v) is 13.6. The summed E-state index contributed by atoms with van der Waals surface area (Å²) in [4.78, 5) is 24.0. The van der Waals surface area contributed by atoms with E-state index >= 15 is 0 Å². The highest BCUT2D eigenvalue weighted by atomic mass is 35.5. The maximum absolute atomic E-state index is 14.0. The van der Waals surface area contributed by atoms with E-state index < -0.39 is 9.84 Å². The number of benzene rings is 1.